The van der Waals surface area contributed by atoms with Gasteiger partial charge in [-0.2, -0.15) is 13.2 Å². The minimum atomic E-state index is -4.73. The second-order valence-corrected chi connectivity index (χ2v) is 5.87. The van der Waals surface area contributed by atoms with Gasteiger partial charge in [0.2, 0.25) is 0 Å². The molecule has 1 aromatic heterocycles. The average Bonchev–Trinajstić information content (AvgIpc) is 2.59. The topological polar surface area (TPSA) is 59.4 Å². The molecule has 1 N–H and O–H groups in total. The molecule has 134 valence electrons. The number of halogens is 4. The number of hydrogen-bond donors (Lipinski definition) is 1. The predicted molar refractivity (Wildman–Crippen MR) is 90.7 cm³/mol. The van der Waals surface area contributed by atoms with Crippen molar-refractivity contribution in [2.24, 2.45) is 0 Å². The van der Waals surface area contributed by atoms with Crippen LogP contribution in [0.5, 0.6) is 5.75 Å². The molecule has 0 amide bonds. The first-order valence-electron chi connectivity index (χ1n) is 7.30. The van der Waals surface area contributed by atoms with E-state index >= 15 is 0 Å². The minimum Gasteiger partial charge on any atom is -0.497 e. The third-order valence-electron chi connectivity index (χ3n) is 3.80. The molecule has 0 fully saturated rings. The summed E-state index contributed by atoms with van der Waals surface area (Å²) in [5.41, 5.74) is -1.28. The van der Waals surface area contributed by atoms with Gasteiger partial charge in [-0.25, -0.2) is 9.78 Å². The van der Waals surface area contributed by atoms with Crippen molar-refractivity contribution in [3.05, 3.63) is 58.6 Å². The molecule has 0 saturated heterocycles. The van der Waals surface area contributed by atoms with E-state index in [-0.39, 0.29) is 22.4 Å². The molecule has 8 heteroatoms. The minimum absolute atomic E-state index is 0.0993. The standard InChI is InChI=1S/C18H11ClF3NO3/c1-26-11-6-12-13(17(24)25)8-15(9-2-4-10(19)5-3-9)23-16(12)14(7-11)18(20,21)22/h2-8H,1H3,(H,24,25). The first-order chi connectivity index (χ1) is 12.2. The van der Waals surface area contributed by atoms with Gasteiger partial charge in [0, 0.05) is 16.0 Å². The quantitative estimate of drug-likeness (QED) is 0.670. The molecule has 3 rings (SSSR count). The number of carboxylic acid groups (broad SMARTS) is 1. The Morgan fingerprint density at radius 3 is 2.35 bits per heavy atom. The van der Waals surface area contributed by atoms with Gasteiger partial charge >= 0.3 is 12.1 Å². The third-order valence-corrected chi connectivity index (χ3v) is 4.05. The molecule has 1 heterocycles. The van der Waals surface area contributed by atoms with Crippen LogP contribution in [0.1, 0.15) is 15.9 Å². The lowest BCUT2D eigenvalue weighted by Crippen LogP contribution is -2.09. The monoisotopic (exact) mass is 381 g/mol. The van der Waals surface area contributed by atoms with Gasteiger partial charge in [-0.15, -0.1) is 0 Å². The van der Waals surface area contributed by atoms with Crippen molar-refractivity contribution in [1.29, 1.82) is 0 Å². The van der Waals surface area contributed by atoms with Gasteiger partial charge in [0.15, 0.2) is 0 Å². The Morgan fingerprint density at radius 2 is 1.81 bits per heavy atom. The van der Waals surface area contributed by atoms with Gasteiger partial charge in [-0.1, -0.05) is 23.7 Å². The first kappa shape index (κ1) is 18.0. The van der Waals surface area contributed by atoms with Gasteiger partial charge in [0.25, 0.3) is 0 Å². The van der Waals surface area contributed by atoms with Crippen molar-refractivity contribution in [1.82, 2.24) is 4.98 Å². The lowest BCUT2D eigenvalue weighted by Gasteiger charge is -2.15. The van der Waals surface area contributed by atoms with Gasteiger partial charge in [-0.3, -0.25) is 0 Å². The molecule has 0 bridgehead atoms. The number of hydrogen-bond acceptors (Lipinski definition) is 3. The zero-order chi connectivity index (χ0) is 19.1. The van der Waals surface area contributed by atoms with Crippen LogP contribution in [0.4, 0.5) is 13.2 Å². The van der Waals surface area contributed by atoms with Gasteiger partial charge in [0.1, 0.15) is 5.75 Å². The fourth-order valence-corrected chi connectivity index (χ4v) is 2.71. The molecule has 0 atom stereocenters. The van der Waals surface area contributed by atoms with Crippen molar-refractivity contribution in [2.45, 2.75) is 6.18 Å². The number of benzene rings is 2. The molecule has 0 aliphatic carbocycles. The number of aromatic nitrogens is 1. The van der Waals surface area contributed by atoms with Crippen LogP contribution in [-0.2, 0) is 6.18 Å². The summed E-state index contributed by atoms with van der Waals surface area (Å²) in [6, 6.07) is 9.45. The third kappa shape index (κ3) is 3.30. The van der Waals surface area contributed by atoms with Crippen LogP contribution in [0.25, 0.3) is 22.2 Å². The normalized spacial score (nSPS) is 11.6. The van der Waals surface area contributed by atoms with Crippen LogP contribution >= 0.6 is 11.6 Å². The highest BCUT2D eigenvalue weighted by molar-refractivity contribution is 6.30. The van der Waals surface area contributed by atoms with Crippen LogP contribution < -0.4 is 4.74 Å². The summed E-state index contributed by atoms with van der Waals surface area (Å²) in [5.74, 6) is -1.47. The zero-order valence-electron chi connectivity index (χ0n) is 13.3. The maximum atomic E-state index is 13.5. The van der Waals surface area contributed by atoms with Crippen molar-refractivity contribution >= 4 is 28.5 Å². The molecule has 0 unspecified atom stereocenters. The maximum Gasteiger partial charge on any atom is 0.418 e. The average molecular weight is 382 g/mol. The van der Waals surface area contributed by atoms with Crippen LogP contribution in [0.3, 0.4) is 0 Å². The van der Waals surface area contributed by atoms with E-state index in [0.717, 1.165) is 6.07 Å². The lowest BCUT2D eigenvalue weighted by molar-refractivity contribution is -0.136. The molecule has 26 heavy (non-hydrogen) atoms. The lowest BCUT2D eigenvalue weighted by atomic mass is 10.0. The van der Waals surface area contributed by atoms with E-state index < -0.39 is 23.2 Å². The number of carboxylic acids is 1. The molecule has 0 spiro atoms. The number of alkyl halides is 3. The smallest absolute Gasteiger partial charge is 0.418 e. The second kappa shape index (κ2) is 6.49. The fraction of sp³-hybridized carbons (Fsp3) is 0.111. The van der Waals surface area contributed by atoms with Crippen LogP contribution in [0.2, 0.25) is 5.02 Å². The van der Waals surface area contributed by atoms with Crippen molar-refractivity contribution < 1.29 is 27.8 Å². The van der Waals surface area contributed by atoms with Gasteiger partial charge in [0.05, 0.1) is 29.4 Å². The van der Waals surface area contributed by atoms with E-state index in [4.69, 9.17) is 16.3 Å². The number of carbonyl (C=O) groups is 1. The Hall–Kier alpha value is -2.80. The SMILES string of the molecule is COc1cc(C(F)(F)F)c2nc(-c3ccc(Cl)cc3)cc(C(=O)O)c2c1. The number of rotatable bonds is 3. The predicted octanol–water partition coefficient (Wildman–Crippen LogP) is 5.28. The Labute approximate surface area is 150 Å². The fourth-order valence-electron chi connectivity index (χ4n) is 2.58. The molecule has 0 aliphatic heterocycles. The highest BCUT2D eigenvalue weighted by Gasteiger charge is 2.35. The summed E-state index contributed by atoms with van der Waals surface area (Å²) < 4.78 is 45.4. The van der Waals surface area contributed by atoms with Gasteiger partial charge < -0.3 is 9.84 Å². The number of methoxy groups -OCH3 is 1. The van der Waals surface area contributed by atoms with Crippen LogP contribution in [0, 0.1) is 0 Å². The number of nitrogens with zero attached hydrogens (tertiary/aromatic N) is 1. The molecule has 0 radical (unpaired) electrons. The Bertz CT molecular complexity index is 1000. The van der Waals surface area contributed by atoms with E-state index in [0.29, 0.717) is 10.6 Å². The molecule has 2 aromatic carbocycles. The summed E-state index contributed by atoms with van der Waals surface area (Å²) >= 11 is 5.82. The Balaban J connectivity index is 2.40. The zero-order valence-corrected chi connectivity index (χ0v) is 14.0. The summed E-state index contributed by atoms with van der Waals surface area (Å²) in [6.07, 6.45) is -4.73. The summed E-state index contributed by atoms with van der Waals surface area (Å²) in [7, 11) is 1.21. The second-order valence-electron chi connectivity index (χ2n) is 5.44. The van der Waals surface area contributed by atoms with Crippen LogP contribution in [0.15, 0.2) is 42.5 Å². The van der Waals surface area contributed by atoms with Crippen molar-refractivity contribution in [2.75, 3.05) is 7.11 Å². The van der Waals surface area contributed by atoms with E-state index in [1.807, 2.05) is 0 Å². The summed E-state index contributed by atoms with van der Waals surface area (Å²) in [4.78, 5) is 15.7. The molecule has 4 nitrogen and oxygen atoms in total. The molecule has 0 saturated carbocycles. The summed E-state index contributed by atoms with van der Waals surface area (Å²) in [6.45, 7) is 0. The molecule has 3 aromatic rings. The van der Waals surface area contributed by atoms with E-state index in [2.05, 4.69) is 4.98 Å². The Morgan fingerprint density at radius 1 is 1.15 bits per heavy atom. The highest BCUT2D eigenvalue weighted by atomic mass is 35.5. The van der Waals surface area contributed by atoms with E-state index in [1.165, 1.54) is 19.2 Å². The largest absolute Gasteiger partial charge is 0.497 e. The number of ether oxygens (including phenoxy) is 1. The number of fused-ring (bicyclic) bond motifs is 1. The number of aromatic carboxylic acids is 1. The first-order valence-corrected chi connectivity index (χ1v) is 7.67. The highest BCUT2D eigenvalue weighted by Crippen LogP contribution is 2.39. The molecular weight excluding hydrogens is 371 g/mol. The van der Waals surface area contributed by atoms with E-state index in [9.17, 15) is 23.1 Å². The summed E-state index contributed by atoms with van der Waals surface area (Å²) in [5, 5.41) is 9.77. The maximum absolute atomic E-state index is 13.5. The Kier molecular flexibility index (Phi) is 4.50. The van der Waals surface area contributed by atoms with Crippen molar-refractivity contribution in [3.63, 3.8) is 0 Å². The van der Waals surface area contributed by atoms with E-state index in [1.54, 1.807) is 24.3 Å². The number of pyridine rings is 1. The molecular formula is C18H11ClF3NO3. The van der Waals surface area contributed by atoms with Gasteiger partial charge in [-0.05, 0) is 30.3 Å². The molecule has 0 aliphatic rings. The van der Waals surface area contributed by atoms with Crippen molar-refractivity contribution in [3.8, 4) is 17.0 Å². The van der Waals surface area contributed by atoms with Crippen LogP contribution in [-0.4, -0.2) is 23.2 Å².